The minimum absolute atomic E-state index is 0.0417. The van der Waals surface area contributed by atoms with Crippen LogP contribution in [0.1, 0.15) is 33.6 Å². The van der Waals surface area contributed by atoms with Gasteiger partial charge in [-0.15, -0.1) is 0 Å². The average molecular weight is 276 g/mol. The molecule has 0 aromatic rings. The molecular formula is C12H24N2O5. The maximum absolute atomic E-state index is 11.3. The molecule has 0 atom stereocenters. The van der Waals surface area contributed by atoms with Gasteiger partial charge in [0.05, 0.1) is 0 Å². The van der Waals surface area contributed by atoms with Crippen LogP contribution in [0.2, 0.25) is 0 Å². The van der Waals surface area contributed by atoms with Crippen molar-refractivity contribution in [1.29, 1.82) is 0 Å². The number of rotatable bonds is 7. The van der Waals surface area contributed by atoms with Crippen molar-refractivity contribution in [3.8, 4) is 0 Å². The predicted octanol–water partition coefficient (Wildman–Crippen LogP) is 1.26. The third-order valence-electron chi connectivity index (χ3n) is 2.13. The van der Waals surface area contributed by atoms with Gasteiger partial charge in [0.15, 0.2) is 0 Å². The number of nitrogens with zero attached hydrogens (tertiary/aromatic N) is 1. The van der Waals surface area contributed by atoms with Crippen LogP contribution >= 0.6 is 0 Å². The molecule has 0 spiro atoms. The van der Waals surface area contributed by atoms with Crippen LogP contribution in [-0.4, -0.2) is 59.1 Å². The molecule has 0 radical (unpaired) electrons. The average Bonchev–Trinajstić information content (AvgIpc) is 2.25. The fourth-order valence-electron chi connectivity index (χ4n) is 1.34. The number of alkyl carbamates (subject to hydrolysis) is 1. The van der Waals surface area contributed by atoms with Crippen LogP contribution in [0.25, 0.3) is 0 Å². The van der Waals surface area contributed by atoms with Crippen LogP contribution in [-0.2, 0) is 4.74 Å². The largest absolute Gasteiger partial charge is 0.465 e. The normalized spacial score (nSPS) is 10.9. The summed E-state index contributed by atoms with van der Waals surface area (Å²) in [5.74, 6) is 0. The van der Waals surface area contributed by atoms with E-state index in [1.54, 1.807) is 20.8 Å². The van der Waals surface area contributed by atoms with Crippen LogP contribution in [0.5, 0.6) is 0 Å². The maximum Gasteiger partial charge on any atom is 0.407 e. The summed E-state index contributed by atoms with van der Waals surface area (Å²) in [6.45, 7) is 6.22. The Morgan fingerprint density at radius 2 is 1.79 bits per heavy atom. The van der Waals surface area contributed by atoms with E-state index in [4.69, 9.17) is 14.9 Å². The highest BCUT2D eigenvalue weighted by atomic mass is 16.6. The molecule has 112 valence electrons. The Hall–Kier alpha value is -1.50. The van der Waals surface area contributed by atoms with E-state index in [0.717, 1.165) is 0 Å². The Balaban J connectivity index is 3.82. The van der Waals surface area contributed by atoms with Crippen LogP contribution in [0, 0.1) is 0 Å². The molecule has 0 saturated carbocycles. The zero-order valence-corrected chi connectivity index (χ0v) is 11.8. The van der Waals surface area contributed by atoms with Crippen molar-refractivity contribution in [1.82, 2.24) is 10.2 Å². The fraction of sp³-hybridized carbons (Fsp3) is 0.833. The number of ether oxygens (including phenoxy) is 1. The molecule has 0 heterocycles. The Morgan fingerprint density at radius 3 is 2.26 bits per heavy atom. The van der Waals surface area contributed by atoms with E-state index in [2.05, 4.69) is 5.32 Å². The number of amides is 2. The predicted molar refractivity (Wildman–Crippen MR) is 70.2 cm³/mol. The number of carbonyl (C=O) groups excluding carboxylic acids is 1. The monoisotopic (exact) mass is 276 g/mol. The van der Waals surface area contributed by atoms with Gasteiger partial charge in [-0.25, -0.2) is 9.59 Å². The summed E-state index contributed by atoms with van der Waals surface area (Å²) in [6, 6.07) is 0. The lowest BCUT2D eigenvalue weighted by Gasteiger charge is -2.21. The van der Waals surface area contributed by atoms with Crippen LogP contribution in [0.3, 0.4) is 0 Å². The second-order valence-corrected chi connectivity index (χ2v) is 5.13. The number of nitrogens with one attached hydrogen (secondary N) is 1. The van der Waals surface area contributed by atoms with E-state index in [9.17, 15) is 9.59 Å². The van der Waals surface area contributed by atoms with E-state index < -0.39 is 17.8 Å². The Kier molecular flexibility index (Phi) is 7.90. The van der Waals surface area contributed by atoms with Crippen LogP contribution in [0.15, 0.2) is 0 Å². The van der Waals surface area contributed by atoms with Crippen molar-refractivity contribution in [2.24, 2.45) is 0 Å². The highest BCUT2D eigenvalue weighted by molar-refractivity contribution is 5.67. The summed E-state index contributed by atoms with van der Waals surface area (Å²) in [4.78, 5) is 23.4. The number of carboxylic acid groups (broad SMARTS) is 1. The first-order valence-electron chi connectivity index (χ1n) is 6.32. The molecule has 0 fully saturated rings. The number of hydrogen-bond donors (Lipinski definition) is 3. The highest BCUT2D eigenvalue weighted by Gasteiger charge is 2.16. The van der Waals surface area contributed by atoms with Gasteiger partial charge in [0.25, 0.3) is 0 Å². The lowest BCUT2D eigenvalue weighted by molar-refractivity contribution is 0.0526. The van der Waals surface area contributed by atoms with Crippen molar-refractivity contribution >= 4 is 12.2 Å². The smallest absolute Gasteiger partial charge is 0.407 e. The summed E-state index contributed by atoms with van der Waals surface area (Å²) >= 11 is 0. The number of carbonyl (C=O) groups is 2. The van der Waals surface area contributed by atoms with E-state index in [1.807, 2.05) is 0 Å². The first-order valence-corrected chi connectivity index (χ1v) is 6.32. The lowest BCUT2D eigenvalue weighted by Crippen LogP contribution is -2.36. The number of aliphatic hydroxyl groups excluding tert-OH is 1. The van der Waals surface area contributed by atoms with E-state index in [1.165, 1.54) is 4.90 Å². The Morgan fingerprint density at radius 1 is 1.21 bits per heavy atom. The van der Waals surface area contributed by atoms with Gasteiger partial charge in [0.1, 0.15) is 5.60 Å². The minimum Gasteiger partial charge on any atom is -0.465 e. The van der Waals surface area contributed by atoms with Crippen molar-refractivity contribution in [2.45, 2.75) is 39.2 Å². The van der Waals surface area contributed by atoms with Crippen molar-refractivity contribution < 1.29 is 24.5 Å². The van der Waals surface area contributed by atoms with Crippen LogP contribution < -0.4 is 5.32 Å². The molecule has 0 bridgehead atoms. The van der Waals surface area contributed by atoms with Crippen molar-refractivity contribution in [3.63, 3.8) is 0 Å². The van der Waals surface area contributed by atoms with Gasteiger partial charge >= 0.3 is 12.2 Å². The molecule has 0 unspecified atom stereocenters. The molecule has 0 aliphatic rings. The fourth-order valence-corrected chi connectivity index (χ4v) is 1.34. The van der Waals surface area contributed by atoms with E-state index in [-0.39, 0.29) is 13.2 Å². The molecule has 0 rings (SSSR count). The highest BCUT2D eigenvalue weighted by Crippen LogP contribution is 2.06. The number of hydrogen-bond acceptors (Lipinski definition) is 4. The molecule has 7 heteroatoms. The van der Waals surface area contributed by atoms with Crippen molar-refractivity contribution in [2.75, 3.05) is 26.2 Å². The lowest BCUT2D eigenvalue weighted by atomic mass is 10.2. The molecule has 2 amide bonds. The molecule has 0 saturated heterocycles. The number of aliphatic hydroxyl groups is 1. The molecule has 0 aromatic carbocycles. The Labute approximate surface area is 113 Å². The van der Waals surface area contributed by atoms with E-state index >= 15 is 0 Å². The van der Waals surface area contributed by atoms with Gasteiger partial charge in [0.2, 0.25) is 0 Å². The third kappa shape index (κ3) is 10.1. The standard InChI is InChI=1S/C12H24N2O5/c1-12(2,3)19-10(16)13-6-4-7-14(11(17)18)8-5-9-15/h15H,4-9H2,1-3H3,(H,13,16)(H,17,18). The summed E-state index contributed by atoms with van der Waals surface area (Å²) in [6.07, 6.45) is -0.626. The first kappa shape index (κ1) is 17.5. The summed E-state index contributed by atoms with van der Waals surface area (Å²) in [5, 5.41) is 20.1. The summed E-state index contributed by atoms with van der Waals surface area (Å²) in [7, 11) is 0. The van der Waals surface area contributed by atoms with Crippen molar-refractivity contribution in [3.05, 3.63) is 0 Å². The quantitative estimate of drug-likeness (QED) is 0.608. The zero-order chi connectivity index (χ0) is 14.9. The zero-order valence-electron chi connectivity index (χ0n) is 11.8. The molecule has 7 nitrogen and oxygen atoms in total. The van der Waals surface area contributed by atoms with Gasteiger partial charge in [-0.1, -0.05) is 0 Å². The van der Waals surface area contributed by atoms with Gasteiger partial charge in [-0.2, -0.15) is 0 Å². The molecule has 0 aromatic heterocycles. The molecule has 19 heavy (non-hydrogen) atoms. The topological polar surface area (TPSA) is 99.1 Å². The second kappa shape index (κ2) is 8.58. The SMILES string of the molecule is CC(C)(C)OC(=O)NCCCN(CCCO)C(=O)O. The minimum atomic E-state index is -1.02. The molecule has 3 N–H and O–H groups in total. The van der Waals surface area contributed by atoms with Gasteiger partial charge in [-0.05, 0) is 33.6 Å². The maximum atomic E-state index is 11.3. The van der Waals surface area contributed by atoms with Crippen LogP contribution in [0.4, 0.5) is 9.59 Å². The third-order valence-corrected chi connectivity index (χ3v) is 2.13. The van der Waals surface area contributed by atoms with Gasteiger partial charge in [0, 0.05) is 26.2 Å². The second-order valence-electron chi connectivity index (χ2n) is 5.13. The molecular weight excluding hydrogens is 252 g/mol. The first-order chi connectivity index (χ1) is 8.76. The molecule has 0 aliphatic heterocycles. The summed E-state index contributed by atoms with van der Waals surface area (Å²) in [5.41, 5.74) is -0.543. The molecule has 0 aliphatic carbocycles. The summed E-state index contributed by atoms with van der Waals surface area (Å²) < 4.78 is 5.04. The Bertz CT molecular complexity index is 288. The van der Waals surface area contributed by atoms with Gasteiger partial charge in [-0.3, -0.25) is 0 Å². The van der Waals surface area contributed by atoms with Gasteiger partial charge < -0.3 is 25.2 Å². The van der Waals surface area contributed by atoms with E-state index in [0.29, 0.717) is 25.9 Å².